The molecule has 2 rings (SSSR count). The van der Waals surface area contributed by atoms with E-state index in [0.29, 0.717) is 5.92 Å². The minimum Gasteiger partial charge on any atom is -0.367 e. The van der Waals surface area contributed by atoms with Crippen LogP contribution in [0.25, 0.3) is 0 Å². The van der Waals surface area contributed by atoms with Gasteiger partial charge in [0.05, 0.1) is 5.41 Å². The highest BCUT2D eigenvalue weighted by Gasteiger charge is 2.34. The van der Waals surface area contributed by atoms with E-state index in [9.17, 15) is 4.79 Å². The number of halogens is 1. The molecule has 0 N–H and O–H groups in total. The van der Waals surface area contributed by atoms with Crippen molar-refractivity contribution in [2.75, 3.05) is 13.1 Å². The lowest BCUT2D eigenvalue weighted by atomic mass is 9.93. The van der Waals surface area contributed by atoms with Crippen molar-refractivity contribution >= 4 is 21.9 Å². The van der Waals surface area contributed by atoms with Crippen LogP contribution >= 0.6 is 15.9 Å². The van der Waals surface area contributed by atoms with Crippen molar-refractivity contribution < 1.29 is 9.63 Å². The van der Waals surface area contributed by atoms with E-state index in [2.05, 4.69) is 28.1 Å². The van der Waals surface area contributed by atoms with Crippen LogP contribution in [0.3, 0.4) is 0 Å². The van der Waals surface area contributed by atoms with Crippen molar-refractivity contribution in [1.82, 2.24) is 5.06 Å². The molecule has 0 aliphatic carbocycles. The maximum atomic E-state index is 11.7. The zero-order chi connectivity index (χ0) is 13.3. The van der Waals surface area contributed by atoms with Gasteiger partial charge in [-0.1, -0.05) is 28.1 Å². The molecule has 0 radical (unpaired) electrons. The number of hydrogen-bond donors (Lipinski definition) is 0. The Labute approximate surface area is 116 Å². The van der Waals surface area contributed by atoms with Crippen LogP contribution in [-0.4, -0.2) is 24.1 Å². The Morgan fingerprint density at radius 1 is 1.39 bits per heavy atom. The van der Waals surface area contributed by atoms with Gasteiger partial charge in [-0.05, 0) is 38.5 Å². The Kier molecular flexibility index (Phi) is 3.78. The number of carbonyl (C=O) groups is 1. The van der Waals surface area contributed by atoms with Gasteiger partial charge in [-0.25, -0.2) is 4.79 Å². The molecule has 1 fully saturated rings. The van der Waals surface area contributed by atoms with Gasteiger partial charge in [0.1, 0.15) is 0 Å². The van der Waals surface area contributed by atoms with Gasteiger partial charge < -0.3 is 4.84 Å². The van der Waals surface area contributed by atoms with Gasteiger partial charge in [-0.3, -0.25) is 0 Å². The van der Waals surface area contributed by atoms with Crippen molar-refractivity contribution in [3.05, 3.63) is 34.3 Å². The monoisotopic (exact) mass is 311 g/mol. The van der Waals surface area contributed by atoms with Crippen molar-refractivity contribution in [1.29, 1.82) is 0 Å². The minimum absolute atomic E-state index is 0.171. The molecule has 0 spiro atoms. The first kappa shape index (κ1) is 13.6. The van der Waals surface area contributed by atoms with Gasteiger partial charge in [-0.15, -0.1) is 5.06 Å². The second-order valence-corrected chi connectivity index (χ2v) is 6.64. The van der Waals surface area contributed by atoms with Gasteiger partial charge in [0.15, 0.2) is 0 Å². The van der Waals surface area contributed by atoms with E-state index in [0.717, 1.165) is 17.6 Å². The Balaban J connectivity index is 1.86. The van der Waals surface area contributed by atoms with Gasteiger partial charge in [0.25, 0.3) is 0 Å². The number of hydrogen-bond acceptors (Lipinski definition) is 3. The Hall–Kier alpha value is -0.870. The molecule has 1 aliphatic rings. The predicted octanol–water partition coefficient (Wildman–Crippen LogP) is 3.35. The van der Waals surface area contributed by atoms with Crippen LogP contribution in [-0.2, 0) is 9.63 Å². The third-order valence-electron chi connectivity index (χ3n) is 2.99. The van der Waals surface area contributed by atoms with Gasteiger partial charge in [0.2, 0.25) is 0 Å². The van der Waals surface area contributed by atoms with E-state index in [-0.39, 0.29) is 5.97 Å². The molecule has 98 valence electrons. The minimum atomic E-state index is -0.444. The Bertz CT molecular complexity index is 447. The fourth-order valence-electron chi connectivity index (χ4n) is 1.74. The first-order valence-corrected chi connectivity index (χ1v) is 6.88. The molecule has 1 heterocycles. The molecule has 0 saturated carbocycles. The molecule has 3 nitrogen and oxygen atoms in total. The first-order valence-electron chi connectivity index (χ1n) is 6.09. The average Bonchev–Trinajstić information content (AvgIpc) is 2.20. The molecular weight excluding hydrogens is 294 g/mol. The van der Waals surface area contributed by atoms with E-state index in [1.807, 2.05) is 32.9 Å². The molecule has 0 aromatic heterocycles. The molecule has 0 bridgehead atoms. The second-order valence-electron chi connectivity index (χ2n) is 5.73. The number of carbonyl (C=O) groups excluding carboxylic acids is 1. The quantitative estimate of drug-likeness (QED) is 0.839. The molecule has 18 heavy (non-hydrogen) atoms. The van der Waals surface area contributed by atoms with Crippen molar-refractivity contribution in [2.45, 2.75) is 26.7 Å². The van der Waals surface area contributed by atoms with E-state index < -0.39 is 5.41 Å². The molecule has 4 heteroatoms. The fourth-order valence-corrected chi connectivity index (χ4v) is 2.16. The van der Waals surface area contributed by atoms with Crippen molar-refractivity contribution in [2.24, 2.45) is 5.41 Å². The summed E-state index contributed by atoms with van der Waals surface area (Å²) in [6, 6.07) is 8.27. The lowest BCUT2D eigenvalue weighted by Gasteiger charge is -2.38. The summed E-state index contributed by atoms with van der Waals surface area (Å²) in [4.78, 5) is 17.0. The standard InChI is InChI=1S/C14H18BrNO2/c1-14(2,3)13(17)18-16-8-11(9-16)10-5-4-6-12(15)7-10/h4-7,11H,8-9H2,1-3H3. The lowest BCUT2D eigenvalue weighted by Crippen LogP contribution is -2.47. The molecule has 0 amide bonds. The summed E-state index contributed by atoms with van der Waals surface area (Å²) in [6.07, 6.45) is 0. The predicted molar refractivity (Wildman–Crippen MR) is 74.0 cm³/mol. The summed E-state index contributed by atoms with van der Waals surface area (Å²) in [5.41, 5.74) is 0.841. The molecule has 1 aromatic rings. The van der Waals surface area contributed by atoms with Crippen LogP contribution < -0.4 is 0 Å². The Morgan fingerprint density at radius 2 is 2.06 bits per heavy atom. The van der Waals surface area contributed by atoms with E-state index in [1.165, 1.54) is 5.56 Å². The summed E-state index contributed by atoms with van der Waals surface area (Å²) in [7, 11) is 0. The largest absolute Gasteiger partial charge is 0.367 e. The highest BCUT2D eigenvalue weighted by atomic mass is 79.9. The zero-order valence-electron chi connectivity index (χ0n) is 10.9. The number of benzene rings is 1. The Morgan fingerprint density at radius 3 is 2.61 bits per heavy atom. The maximum Gasteiger partial charge on any atom is 0.330 e. The zero-order valence-corrected chi connectivity index (χ0v) is 12.5. The normalized spacial score (nSPS) is 17.3. The fraction of sp³-hybridized carbons (Fsp3) is 0.500. The van der Waals surface area contributed by atoms with Crippen LogP contribution in [0.1, 0.15) is 32.3 Å². The van der Waals surface area contributed by atoms with Crippen LogP contribution in [0.4, 0.5) is 0 Å². The molecule has 1 saturated heterocycles. The summed E-state index contributed by atoms with van der Waals surface area (Å²) < 4.78 is 1.09. The van der Waals surface area contributed by atoms with Crippen LogP contribution in [0.2, 0.25) is 0 Å². The third kappa shape index (κ3) is 3.12. The van der Waals surface area contributed by atoms with Gasteiger partial charge >= 0.3 is 5.97 Å². The van der Waals surface area contributed by atoms with E-state index in [4.69, 9.17) is 4.84 Å². The molecular formula is C14H18BrNO2. The van der Waals surface area contributed by atoms with Crippen molar-refractivity contribution in [3.63, 3.8) is 0 Å². The third-order valence-corrected chi connectivity index (χ3v) is 3.49. The molecule has 0 unspecified atom stereocenters. The highest BCUT2D eigenvalue weighted by Crippen LogP contribution is 2.30. The topological polar surface area (TPSA) is 29.5 Å². The second kappa shape index (κ2) is 5.02. The van der Waals surface area contributed by atoms with Crippen LogP contribution in [0.5, 0.6) is 0 Å². The summed E-state index contributed by atoms with van der Waals surface area (Å²) in [5, 5.41) is 1.74. The average molecular weight is 312 g/mol. The maximum absolute atomic E-state index is 11.7. The highest BCUT2D eigenvalue weighted by molar-refractivity contribution is 9.10. The van der Waals surface area contributed by atoms with Gasteiger partial charge in [0, 0.05) is 23.5 Å². The summed E-state index contributed by atoms with van der Waals surface area (Å²) in [6.45, 7) is 7.14. The van der Waals surface area contributed by atoms with Gasteiger partial charge in [-0.2, -0.15) is 0 Å². The lowest BCUT2D eigenvalue weighted by molar-refractivity contribution is -0.220. The smallest absolute Gasteiger partial charge is 0.330 e. The van der Waals surface area contributed by atoms with E-state index in [1.54, 1.807) is 5.06 Å². The molecule has 1 aromatic carbocycles. The molecule has 1 aliphatic heterocycles. The summed E-state index contributed by atoms with van der Waals surface area (Å²) in [5.74, 6) is 0.283. The molecule has 0 atom stereocenters. The number of nitrogens with zero attached hydrogens (tertiary/aromatic N) is 1. The SMILES string of the molecule is CC(C)(C)C(=O)ON1CC(c2cccc(Br)c2)C1. The van der Waals surface area contributed by atoms with Crippen LogP contribution in [0.15, 0.2) is 28.7 Å². The first-order chi connectivity index (χ1) is 8.36. The summed E-state index contributed by atoms with van der Waals surface area (Å²) >= 11 is 3.47. The van der Waals surface area contributed by atoms with Crippen LogP contribution in [0, 0.1) is 5.41 Å². The number of hydroxylamine groups is 2. The van der Waals surface area contributed by atoms with Crippen molar-refractivity contribution in [3.8, 4) is 0 Å². The number of rotatable bonds is 2. The van der Waals surface area contributed by atoms with E-state index >= 15 is 0 Å².